The molecule has 6 heteroatoms. The van der Waals surface area contributed by atoms with Crippen LogP contribution in [0.5, 0.6) is 0 Å². The molecule has 98 valence electrons. The van der Waals surface area contributed by atoms with Gasteiger partial charge in [-0.25, -0.2) is 0 Å². The number of nitrogens with zero attached hydrogens (tertiary/aromatic N) is 2. The third kappa shape index (κ3) is 2.01. The molecular weight excluding hydrogens is 285 g/mol. The van der Waals surface area contributed by atoms with Crippen molar-refractivity contribution in [1.82, 2.24) is 9.78 Å². The number of amides is 1. The van der Waals surface area contributed by atoms with E-state index in [-0.39, 0.29) is 11.8 Å². The van der Waals surface area contributed by atoms with E-state index in [4.69, 9.17) is 23.2 Å². The third-order valence-electron chi connectivity index (χ3n) is 3.34. The van der Waals surface area contributed by atoms with Crippen LogP contribution >= 0.6 is 23.2 Å². The third-order valence-corrected chi connectivity index (χ3v) is 4.00. The molecule has 3 rings (SSSR count). The van der Waals surface area contributed by atoms with E-state index in [0.717, 1.165) is 11.1 Å². The van der Waals surface area contributed by atoms with Gasteiger partial charge in [-0.2, -0.15) is 5.10 Å². The number of carbonyl (C=O) groups excluding carboxylic acids is 1. The average molecular weight is 296 g/mol. The Kier molecular flexibility index (Phi) is 2.99. The number of aryl methyl sites for hydroxylation is 1. The van der Waals surface area contributed by atoms with Crippen molar-refractivity contribution in [3.05, 3.63) is 45.6 Å². The van der Waals surface area contributed by atoms with Crippen molar-refractivity contribution in [3.8, 4) is 0 Å². The molecule has 1 aromatic heterocycles. The molecule has 0 saturated heterocycles. The highest BCUT2D eigenvalue weighted by Crippen LogP contribution is 2.42. The first-order valence-corrected chi connectivity index (χ1v) is 6.59. The van der Waals surface area contributed by atoms with Crippen molar-refractivity contribution in [2.45, 2.75) is 12.3 Å². The van der Waals surface area contributed by atoms with E-state index in [9.17, 15) is 4.79 Å². The zero-order chi connectivity index (χ0) is 13.6. The second kappa shape index (κ2) is 4.54. The lowest BCUT2D eigenvalue weighted by atomic mass is 9.87. The Morgan fingerprint density at radius 2 is 2.05 bits per heavy atom. The van der Waals surface area contributed by atoms with Crippen LogP contribution in [0.1, 0.15) is 23.5 Å². The van der Waals surface area contributed by atoms with Crippen LogP contribution in [0.2, 0.25) is 10.0 Å². The van der Waals surface area contributed by atoms with Gasteiger partial charge in [0.2, 0.25) is 5.91 Å². The van der Waals surface area contributed by atoms with Gasteiger partial charge in [0.25, 0.3) is 0 Å². The first-order valence-electron chi connectivity index (χ1n) is 5.83. The molecule has 19 heavy (non-hydrogen) atoms. The molecule has 2 aromatic rings. The fourth-order valence-electron chi connectivity index (χ4n) is 2.44. The van der Waals surface area contributed by atoms with Gasteiger partial charge in [0.05, 0.1) is 6.20 Å². The smallest absolute Gasteiger partial charge is 0.226 e. The number of nitrogens with one attached hydrogen (secondary N) is 1. The molecule has 2 heterocycles. The van der Waals surface area contributed by atoms with Crippen LogP contribution in [0.4, 0.5) is 5.82 Å². The number of carbonyl (C=O) groups is 1. The highest BCUT2D eigenvalue weighted by Gasteiger charge is 2.31. The minimum absolute atomic E-state index is 0.0583. The minimum atomic E-state index is -0.154. The van der Waals surface area contributed by atoms with E-state index < -0.39 is 0 Å². The Morgan fingerprint density at radius 1 is 1.37 bits per heavy atom. The van der Waals surface area contributed by atoms with Gasteiger partial charge in [0.1, 0.15) is 5.82 Å². The van der Waals surface area contributed by atoms with E-state index in [0.29, 0.717) is 22.3 Å². The van der Waals surface area contributed by atoms with Gasteiger partial charge < -0.3 is 5.32 Å². The lowest BCUT2D eigenvalue weighted by molar-refractivity contribution is -0.116. The largest absolute Gasteiger partial charge is 0.311 e. The molecule has 0 fully saturated rings. The SMILES string of the molecule is Cn1ncc2c1NC(=O)CC2c1c(Cl)cccc1Cl. The normalized spacial score (nSPS) is 18.1. The molecule has 0 spiro atoms. The first kappa shape index (κ1) is 12.5. The minimum Gasteiger partial charge on any atom is -0.311 e. The summed E-state index contributed by atoms with van der Waals surface area (Å²) in [5.41, 5.74) is 1.73. The summed E-state index contributed by atoms with van der Waals surface area (Å²) in [5, 5.41) is 8.15. The molecule has 1 aliphatic heterocycles. The van der Waals surface area contributed by atoms with Crippen molar-refractivity contribution in [2.75, 3.05) is 5.32 Å². The van der Waals surface area contributed by atoms with Crippen molar-refractivity contribution < 1.29 is 4.79 Å². The lowest BCUT2D eigenvalue weighted by Crippen LogP contribution is -2.24. The summed E-state index contributed by atoms with van der Waals surface area (Å²) in [5.74, 6) is 0.493. The van der Waals surface area contributed by atoms with Crippen LogP contribution in [-0.2, 0) is 11.8 Å². The number of aromatic nitrogens is 2. The van der Waals surface area contributed by atoms with Crippen LogP contribution < -0.4 is 5.32 Å². The quantitative estimate of drug-likeness (QED) is 0.878. The number of anilines is 1. The molecule has 1 unspecified atom stereocenters. The number of benzene rings is 1. The maximum atomic E-state index is 11.8. The number of halogens is 2. The fraction of sp³-hybridized carbons (Fsp3) is 0.231. The topological polar surface area (TPSA) is 46.9 Å². The van der Waals surface area contributed by atoms with Gasteiger partial charge >= 0.3 is 0 Å². The molecule has 0 radical (unpaired) electrons. The van der Waals surface area contributed by atoms with E-state index in [1.807, 2.05) is 0 Å². The summed E-state index contributed by atoms with van der Waals surface area (Å²) in [6, 6.07) is 5.36. The highest BCUT2D eigenvalue weighted by molar-refractivity contribution is 6.36. The fourth-order valence-corrected chi connectivity index (χ4v) is 3.10. The Labute approximate surface area is 120 Å². The second-order valence-corrected chi connectivity index (χ2v) is 5.33. The summed E-state index contributed by atoms with van der Waals surface area (Å²) < 4.78 is 1.64. The van der Waals surface area contributed by atoms with E-state index >= 15 is 0 Å². The summed E-state index contributed by atoms with van der Waals surface area (Å²) in [6.45, 7) is 0. The zero-order valence-corrected chi connectivity index (χ0v) is 11.7. The van der Waals surface area contributed by atoms with Gasteiger partial charge in [-0.1, -0.05) is 29.3 Å². The standard InChI is InChI=1S/C13H11Cl2N3O/c1-18-13-8(6-16-18)7(5-11(19)17-13)12-9(14)3-2-4-10(12)15/h2-4,6-7H,5H2,1H3,(H,17,19). The molecule has 1 aliphatic rings. The van der Waals surface area contributed by atoms with Crippen molar-refractivity contribution in [3.63, 3.8) is 0 Å². The monoisotopic (exact) mass is 295 g/mol. The molecule has 1 amide bonds. The lowest BCUT2D eigenvalue weighted by Gasteiger charge is -2.24. The Morgan fingerprint density at radius 3 is 2.74 bits per heavy atom. The Balaban J connectivity index is 2.18. The van der Waals surface area contributed by atoms with Crippen LogP contribution in [0.25, 0.3) is 0 Å². The van der Waals surface area contributed by atoms with Gasteiger partial charge in [-0.3, -0.25) is 9.48 Å². The predicted molar refractivity (Wildman–Crippen MR) is 74.8 cm³/mol. The molecule has 0 aliphatic carbocycles. The molecule has 1 N–H and O–H groups in total. The van der Waals surface area contributed by atoms with E-state index in [1.54, 1.807) is 36.1 Å². The summed E-state index contributed by atoms with van der Waals surface area (Å²) in [7, 11) is 1.79. The van der Waals surface area contributed by atoms with E-state index in [2.05, 4.69) is 10.4 Å². The zero-order valence-electron chi connectivity index (χ0n) is 10.2. The van der Waals surface area contributed by atoms with Crippen molar-refractivity contribution in [2.24, 2.45) is 7.05 Å². The number of rotatable bonds is 1. The van der Waals surface area contributed by atoms with Gasteiger partial charge in [-0.15, -0.1) is 0 Å². The Bertz CT molecular complexity index is 646. The number of fused-ring (bicyclic) bond motifs is 1. The van der Waals surface area contributed by atoms with Gasteiger partial charge in [0, 0.05) is 35.0 Å². The highest BCUT2D eigenvalue weighted by atomic mass is 35.5. The summed E-state index contributed by atoms with van der Waals surface area (Å²) >= 11 is 12.5. The van der Waals surface area contributed by atoms with Crippen LogP contribution in [0.3, 0.4) is 0 Å². The maximum Gasteiger partial charge on any atom is 0.226 e. The van der Waals surface area contributed by atoms with Crippen LogP contribution in [0, 0.1) is 0 Å². The predicted octanol–water partition coefficient (Wildman–Crippen LogP) is 3.20. The number of hydrogen-bond acceptors (Lipinski definition) is 2. The van der Waals surface area contributed by atoms with Gasteiger partial charge in [0.15, 0.2) is 0 Å². The molecule has 1 aromatic carbocycles. The number of hydrogen-bond donors (Lipinski definition) is 1. The average Bonchev–Trinajstić information content (AvgIpc) is 2.71. The first-order chi connectivity index (χ1) is 9.08. The summed E-state index contributed by atoms with van der Waals surface area (Å²) in [6.07, 6.45) is 2.07. The van der Waals surface area contributed by atoms with Crippen LogP contribution in [-0.4, -0.2) is 15.7 Å². The molecule has 0 saturated carbocycles. The molecule has 1 atom stereocenters. The summed E-state index contributed by atoms with van der Waals surface area (Å²) in [4.78, 5) is 11.8. The molecule has 4 nitrogen and oxygen atoms in total. The molecule has 0 bridgehead atoms. The maximum absolute atomic E-state index is 11.8. The van der Waals surface area contributed by atoms with Crippen molar-refractivity contribution in [1.29, 1.82) is 0 Å². The van der Waals surface area contributed by atoms with Crippen LogP contribution in [0.15, 0.2) is 24.4 Å². The second-order valence-electron chi connectivity index (χ2n) is 4.51. The molecular formula is C13H11Cl2N3O. The Hall–Kier alpha value is -1.52. The van der Waals surface area contributed by atoms with E-state index in [1.165, 1.54) is 0 Å². The van der Waals surface area contributed by atoms with Gasteiger partial charge in [-0.05, 0) is 17.7 Å². The van der Waals surface area contributed by atoms with Crippen molar-refractivity contribution >= 4 is 34.9 Å².